The average Bonchev–Trinajstić information content (AvgIpc) is 3.11. The molecule has 0 saturated carbocycles. The third-order valence-electron chi connectivity index (χ3n) is 5.59. The van der Waals surface area contributed by atoms with Gasteiger partial charge in [0, 0.05) is 17.8 Å². The number of hydrogen-bond donors (Lipinski definition) is 2. The van der Waals surface area contributed by atoms with Crippen molar-refractivity contribution in [1.82, 2.24) is 10.2 Å². The lowest BCUT2D eigenvalue weighted by atomic mass is 10.0. The standard InChI is InChI=1S/C23H27N3O5/c1-29-18-9-6-16(7-10-18)19-5-3-2-4-12-26(19)14-22(27)25-23(28)24-17-8-11-20-21(13-17)31-15-30-20/h6-11,13,19H,2-5,12,14-15H2,1H3,(H2,24,25,27,28)/t19-/m0/s1. The molecular weight excluding hydrogens is 398 g/mol. The minimum absolute atomic E-state index is 0.135. The van der Waals surface area contributed by atoms with Crippen molar-refractivity contribution in [2.45, 2.75) is 31.7 Å². The summed E-state index contributed by atoms with van der Waals surface area (Å²) in [6, 6.07) is 12.6. The Morgan fingerprint density at radius 1 is 1.06 bits per heavy atom. The van der Waals surface area contributed by atoms with E-state index in [1.165, 1.54) is 0 Å². The van der Waals surface area contributed by atoms with Crippen LogP contribution in [0.25, 0.3) is 0 Å². The fourth-order valence-electron chi connectivity index (χ4n) is 4.05. The zero-order valence-corrected chi connectivity index (χ0v) is 17.6. The number of carbonyl (C=O) groups is 2. The summed E-state index contributed by atoms with van der Waals surface area (Å²) in [5.41, 5.74) is 1.68. The molecule has 0 spiro atoms. The minimum atomic E-state index is -0.570. The summed E-state index contributed by atoms with van der Waals surface area (Å²) in [5, 5.41) is 5.10. The molecule has 2 aromatic carbocycles. The van der Waals surface area contributed by atoms with E-state index in [1.54, 1.807) is 25.3 Å². The lowest BCUT2D eigenvalue weighted by Crippen LogP contribution is -2.43. The first-order valence-electron chi connectivity index (χ1n) is 10.5. The van der Waals surface area contributed by atoms with Gasteiger partial charge in [0.2, 0.25) is 12.7 Å². The molecule has 0 bridgehead atoms. The van der Waals surface area contributed by atoms with Crippen LogP contribution in [0, 0.1) is 0 Å². The van der Waals surface area contributed by atoms with Gasteiger partial charge in [0.15, 0.2) is 11.5 Å². The fourth-order valence-corrected chi connectivity index (χ4v) is 4.05. The van der Waals surface area contributed by atoms with Crippen LogP contribution in [0.15, 0.2) is 42.5 Å². The SMILES string of the molecule is COc1ccc([C@@H]2CCCCCN2CC(=O)NC(=O)Nc2ccc3c(c2)OCO3)cc1. The quantitative estimate of drug-likeness (QED) is 0.760. The molecule has 8 heteroatoms. The second-order valence-corrected chi connectivity index (χ2v) is 7.68. The highest BCUT2D eigenvalue weighted by Gasteiger charge is 2.25. The summed E-state index contributed by atoms with van der Waals surface area (Å²) in [6.07, 6.45) is 4.25. The van der Waals surface area contributed by atoms with E-state index in [4.69, 9.17) is 14.2 Å². The lowest BCUT2D eigenvalue weighted by Gasteiger charge is -2.29. The first-order valence-corrected chi connectivity index (χ1v) is 10.5. The fraction of sp³-hybridized carbons (Fsp3) is 0.391. The van der Waals surface area contributed by atoms with E-state index in [0.717, 1.165) is 43.5 Å². The summed E-state index contributed by atoms with van der Waals surface area (Å²) >= 11 is 0. The first-order chi connectivity index (χ1) is 15.1. The Kier molecular flexibility index (Phi) is 6.57. The maximum absolute atomic E-state index is 12.6. The molecule has 8 nitrogen and oxygen atoms in total. The Bertz CT molecular complexity index is 931. The molecule has 2 aliphatic rings. The van der Waals surface area contributed by atoms with E-state index < -0.39 is 6.03 Å². The monoisotopic (exact) mass is 425 g/mol. The van der Waals surface area contributed by atoms with Crippen molar-refractivity contribution in [3.05, 3.63) is 48.0 Å². The van der Waals surface area contributed by atoms with Gasteiger partial charge in [0.25, 0.3) is 0 Å². The molecule has 0 aromatic heterocycles. The van der Waals surface area contributed by atoms with E-state index in [9.17, 15) is 9.59 Å². The second kappa shape index (κ2) is 9.70. The highest BCUT2D eigenvalue weighted by atomic mass is 16.7. The number of amides is 3. The highest BCUT2D eigenvalue weighted by Crippen LogP contribution is 2.34. The topological polar surface area (TPSA) is 89.1 Å². The van der Waals surface area contributed by atoms with E-state index in [0.29, 0.717) is 17.2 Å². The number of urea groups is 1. The van der Waals surface area contributed by atoms with Gasteiger partial charge in [-0.1, -0.05) is 25.0 Å². The van der Waals surface area contributed by atoms with E-state index >= 15 is 0 Å². The van der Waals surface area contributed by atoms with Gasteiger partial charge in [-0.25, -0.2) is 4.79 Å². The molecular formula is C23H27N3O5. The number of fused-ring (bicyclic) bond motifs is 1. The van der Waals surface area contributed by atoms with E-state index in [2.05, 4.69) is 15.5 Å². The maximum atomic E-state index is 12.6. The number of imide groups is 1. The molecule has 2 aromatic rings. The predicted molar refractivity (Wildman–Crippen MR) is 116 cm³/mol. The largest absolute Gasteiger partial charge is 0.497 e. The summed E-state index contributed by atoms with van der Waals surface area (Å²) in [5.74, 6) is 1.67. The molecule has 2 heterocycles. The molecule has 0 unspecified atom stereocenters. The smallest absolute Gasteiger partial charge is 0.325 e. The van der Waals surface area contributed by atoms with Gasteiger partial charge < -0.3 is 19.5 Å². The molecule has 1 atom stereocenters. The molecule has 2 aliphatic heterocycles. The Labute approximate surface area is 181 Å². The van der Waals surface area contributed by atoms with Crippen LogP contribution in [-0.2, 0) is 4.79 Å². The third kappa shape index (κ3) is 5.27. The number of hydrogen-bond acceptors (Lipinski definition) is 6. The Morgan fingerprint density at radius 2 is 1.87 bits per heavy atom. The van der Waals surface area contributed by atoms with E-state index in [-0.39, 0.29) is 25.3 Å². The zero-order valence-electron chi connectivity index (χ0n) is 17.6. The van der Waals surface area contributed by atoms with Gasteiger partial charge in [-0.3, -0.25) is 15.0 Å². The normalized spacial score (nSPS) is 18.2. The molecule has 4 rings (SSSR count). The molecule has 2 N–H and O–H groups in total. The first kappa shape index (κ1) is 21.0. The molecule has 0 aliphatic carbocycles. The lowest BCUT2D eigenvalue weighted by molar-refractivity contribution is -0.121. The number of benzene rings is 2. The van der Waals surface area contributed by atoms with Crippen molar-refractivity contribution < 1.29 is 23.8 Å². The Morgan fingerprint density at radius 3 is 2.68 bits per heavy atom. The van der Waals surface area contributed by atoms with Crippen LogP contribution in [0.5, 0.6) is 17.2 Å². The number of likely N-dealkylation sites (tertiary alicyclic amines) is 1. The number of nitrogens with zero attached hydrogens (tertiary/aromatic N) is 1. The molecule has 0 radical (unpaired) electrons. The number of carbonyl (C=O) groups excluding carboxylic acids is 2. The third-order valence-corrected chi connectivity index (χ3v) is 5.59. The van der Waals surface area contributed by atoms with E-state index in [1.807, 2.05) is 24.3 Å². The summed E-state index contributed by atoms with van der Waals surface area (Å²) in [7, 11) is 1.64. The van der Waals surface area contributed by atoms with Gasteiger partial charge in [0.05, 0.1) is 13.7 Å². The second-order valence-electron chi connectivity index (χ2n) is 7.68. The van der Waals surface area contributed by atoms with Crippen molar-refractivity contribution in [2.75, 3.05) is 32.3 Å². The minimum Gasteiger partial charge on any atom is -0.497 e. The van der Waals surface area contributed by atoms with Crippen LogP contribution >= 0.6 is 0 Å². The summed E-state index contributed by atoms with van der Waals surface area (Å²) in [4.78, 5) is 27.1. The Hall–Kier alpha value is -3.26. The summed E-state index contributed by atoms with van der Waals surface area (Å²) < 4.78 is 15.8. The van der Waals surface area contributed by atoms with Crippen LogP contribution in [0.4, 0.5) is 10.5 Å². The van der Waals surface area contributed by atoms with Crippen LogP contribution < -0.4 is 24.8 Å². The van der Waals surface area contributed by atoms with Crippen molar-refractivity contribution in [2.24, 2.45) is 0 Å². The number of methoxy groups -OCH3 is 1. The molecule has 3 amide bonds. The molecule has 31 heavy (non-hydrogen) atoms. The zero-order chi connectivity index (χ0) is 21.6. The van der Waals surface area contributed by atoms with Gasteiger partial charge >= 0.3 is 6.03 Å². The molecule has 164 valence electrons. The molecule has 1 fully saturated rings. The predicted octanol–water partition coefficient (Wildman–Crippen LogP) is 3.69. The van der Waals surface area contributed by atoms with Gasteiger partial charge in [-0.2, -0.15) is 0 Å². The number of nitrogens with one attached hydrogen (secondary N) is 2. The van der Waals surface area contributed by atoms with Crippen LogP contribution in [0.3, 0.4) is 0 Å². The number of anilines is 1. The van der Waals surface area contributed by atoms with Crippen molar-refractivity contribution in [3.63, 3.8) is 0 Å². The van der Waals surface area contributed by atoms with Gasteiger partial charge in [-0.15, -0.1) is 0 Å². The highest BCUT2D eigenvalue weighted by molar-refractivity contribution is 6.01. The van der Waals surface area contributed by atoms with Crippen LogP contribution in [0.1, 0.15) is 37.3 Å². The van der Waals surface area contributed by atoms with Gasteiger partial charge in [-0.05, 0) is 49.2 Å². The maximum Gasteiger partial charge on any atom is 0.325 e. The van der Waals surface area contributed by atoms with Crippen molar-refractivity contribution in [1.29, 1.82) is 0 Å². The Balaban J connectivity index is 1.36. The average molecular weight is 425 g/mol. The number of rotatable bonds is 5. The number of ether oxygens (including phenoxy) is 3. The van der Waals surface area contributed by atoms with Crippen LogP contribution in [0.2, 0.25) is 0 Å². The summed E-state index contributed by atoms with van der Waals surface area (Å²) in [6.45, 7) is 1.13. The van der Waals surface area contributed by atoms with Crippen molar-refractivity contribution in [3.8, 4) is 17.2 Å². The molecule has 1 saturated heterocycles. The van der Waals surface area contributed by atoms with Crippen LogP contribution in [-0.4, -0.2) is 43.8 Å². The van der Waals surface area contributed by atoms with Crippen molar-refractivity contribution >= 4 is 17.6 Å². The van der Waals surface area contributed by atoms with Gasteiger partial charge in [0.1, 0.15) is 5.75 Å².